The van der Waals surface area contributed by atoms with E-state index in [1.807, 2.05) is 0 Å². The fraction of sp³-hybridized carbons (Fsp3) is 0.902. The predicted octanol–water partition coefficient (Wildman–Crippen LogP) is 8.81. The van der Waals surface area contributed by atoms with Gasteiger partial charge in [0.1, 0.15) is 6.10 Å². The molecular formula is C41H71Cl4N7O4S. The van der Waals surface area contributed by atoms with E-state index in [0.717, 1.165) is 45.1 Å². The van der Waals surface area contributed by atoms with Gasteiger partial charge < -0.3 is 4.74 Å². The Hall–Kier alpha value is -0.890. The quantitative estimate of drug-likeness (QED) is 0.0430. The van der Waals surface area contributed by atoms with Crippen molar-refractivity contribution in [3.63, 3.8) is 0 Å². The number of hydrazine groups is 1. The van der Waals surface area contributed by atoms with E-state index in [-0.39, 0.29) is 52.5 Å². The number of nitrogens with one attached hydrogen (secondary N) is 3. The van der Waals surface area contributed by atoms with E-state index in [1.54, 1.807) is 0 Å². The van der Waals surface area contributed by atoms with E-state index in [4.69, 9.17) is 66.5 Å². The Morgan fingerprint density at radius 3 is 2.09 bits per heavy atom. The lowest BCUT2D eigenvalue weighted by molar-refractivity contribution is -0.127. The van der Waals surface area contributed by atoms with Crippen molar-refractivity contribution in [2.45, 2.75) is 201 Å². The molecule has 1 saturated heterocycles. The molecule has 3 aliphatic carbocycles. The third kappa shape index (κ3) is 15.8. The van der Waals surface area contributed by atoms with Crippen molar-refractivity contribution in [3.8, 4) is 0 Å². The maximum Gasteiger partial charge on any atom is 0.294 e. The highest BCUT2D eigenvalue weighted by atomic mass is 35.5. The number of likely N-dealkylation sites (N-methyl/N-ethyl adjacent to an activating group) is 1. The minimum absolute atomic E-state index is 0.109. The van der Waals surface area contributed by atoms with Gasteiger partial charge in [-0.05, 0) is 63.8 Å². The number of alkyl halides is 4. The molecule has 1 amide bonds. The average Bonchev–Trinajstić information content (AvgIpc) is 3.43. The maximum atomic E-state index is 14.3. The second kappa shape index (κ2) is 24.5. The summed E-state index contributed by atoms with van der Waals surface area (Å²) < 4.78 is 32.1. The first-order chi connectivity index (χ1) is 27.2. The molecular weight excluding hydrogens is 828 g/mol. The molecule has 0 aromatic carbocycles. The lowest BCUT2D eigenvalue weighted by atomic mass is 9.82. The molecule has 0 aromatic rings. The Morgan fingerprint density at radius 1 is 0.860 bits per heavy atom. The van der Waals surface area contributed by atoms with Crippen LogP contribution >= 0.6 is 46.4 Å². The molecule has 8 atom stereocenters. The molecule has 8 unspecified atom stereocenters. The first-order valence-electron chi connectivity index (χ1n) is 22.0. The monoisotopic (exact) mass is 897 g/mol. The first-order valence-corrected chi connectivity index (χ1v) is 25.6. The molecule has 11 nitrogen and oxygen atoms in total. The number of rotatable bonds is 22. The summed E-state index contributed by atoms with van der Waals surface area (Å²) in [4.78, 5) is 26.9. The summed E-state index contributed by atoms with van der Waals surface area (Å²) in [5.41, 5.74) is 3.55. The van der Waals surface area contributed by atoms with Gasteiger partial charge in [-0.3, -0.25) is 30.5 Å². The van der Waals surface area contributed by atoms with Gasteiger partial charge in [-0.25, -0.2) is 18.1 Å². The Labute approximate surface area is 364 Å². The molecule has 0 bridgehead atoms. The van der Waals surface area contributed by atoms with E-state index < -0.39 is 26.8 Å². The van der Waals surface area contributed by atoms with Gasteiger partial charge >= 0.3 is 0 Å². The van der Waals surface area contributed by atoms with Crippen LogP contribution in [0.15, 0.2) is 9.98 Å². The van der Waals surface area contributed by atoms with E-state index >= 15 is 0 Å². The molecule has 4 aliphatic rings. The molecule has 3 N–H and O–H groups in total. The molecule has 328 valence electrons. The Kier molecular flexibility index (Phi) is 21.0. The Morgan fingerprint density at radius 2 is 1.49 bits per heavy atom. The predicted molar refractivity (Wildman–Crippen MR) is 238 cm³/mol. The number of carbonyl (C=O) groups is 1. The minimum atomic E-state index is -3.25. The fourth-order valence-corrected chi connectivity index (χ4v) is 11.4. The number of nitrogens with zero attached hydrogens (tertiary/aromatic N) is 4. The highest BCUT2D eigenvalue weighted by Crippen LogP contribution is 2.36. The molecule has 57 heavy (non-hydrogen) atoms. The van der Waals surface area contributed by atoms with Crippen LogP contribution in [-0.2, 0) is 19.6 Å². The molecule has 0 aromatic heterocycles. The van der Waals surface area contributed by atoms with Crippen LogP contribution in [0.3, 0.4) is 0 Å². The number of sulfonamides is 1. The van der Waals surface area contributed by atoms with Crippen LogP contribution in [0.25, 0.3) is 0 Å². The summed E-state index contributed by atoms with van der Waals surface area (Å²) in [6, 6.07) is -0.674. The van der Waals surface area contributed by atoms with Crippen LogP contribution in [0.5, 0.6) is 0 Å². The largest absolute Gasteiger partial charge is 0.478 e. The Balaban J connectivity index is 1.39. The van der Waals surface area contributed by atoms with Crippen molar-refractivity contribution in [2.24, 2.45) is 15.9 Å². The summed E-state index contributed by atoms with van der Waals surface area (Å²) in [7, 11) is -3.25. The third-order valence-electron chi connectivity index (χ3n) is 12.2. The van der Waals surface area contributed by atoms with E-state index in [1.165, 1.54) is 69.1 Å². The molecule has 4 fully saturated rings. The molecule has 3 saturated carbocycles. The standard InChI is InChI=1S/C41H71Cl4N7O4S/c1-5-7-8-9-10-11-12-13-14-15-16-17-37(46)56-31-19-20-32(43)36(27-31)49-40-38(41(53)52(50-40)39-33(44)25-29(42)26-34(39)45)48-35-21-18-30(24-28(35)3)51(6-2)23-22-47-57(4,54)55/h28-36,39,46-47H,5-27H2,1-4H3,(H,49,50). The molecule has 0 radical (unpaired) electrons. The van der Waals surface area contributed by atoms with Crippen molar-refractivity contribution in [1.29, 1.82) is 5.41 Å². The van der Waals surface area contributed by atoms with Crippen molar-refractivity contribution < 1.29 is 17.9 Å². The maximum absolute atomic E-state index is 14.3. The third-order valence-corrected chi connectivity index (χ3v) is 14.7. The van der Waals surface area contributed by atoms with Crippen molar-refractivity contribution in [2.75, 3.05) is 25.9 Å². The molecule has 0 spiro atoms. The first kappa shape index (κ1) is 48.8. The van der Waals surface area contributed by atoms with Crippen LogP contribution in [0, 0.1) is 11.3 Å². The number of halogens is 4. The highest BCUT2D eigenvalue weighted by molar-refractivity contribution is 7.88. The lowest BCUT2D eigenvalue weighted by Crippen LogP contribution is -2.56. The second-order valence-corrected chi connectivity index (χ2v) is 21.1. The summed E-state index contributed by atoms with van der Waals surface area (Å²) >= 11 is 27.1. The van der Waals surface area contributed by atoms with Crippen molar-refractivity contribution in [3.05, 3.63) is 0 Å². The van der Waals surface area contributed by atoms with Gasteiger partial charge in [0.05, 0.1) is 40.5 Å². The van der Waals surface area contributed by atoms with E-state index in [0.29, 0.717) is 56.9 Å². The van der Waals surface area contributed by atoms with Crippen molar-refractivity contribution >= 4 is 79.8 Å². The minimum Gasteiger partial charge on any atom is -0.478 e. The van der Waals surface area contributed by atoms with Crippen LogP contribution in [0.4, 0.5) is 0 Å². The van der Waals surface area contributed by atoms with Gasteiger partial charge in [0.25, 0.3) is 5.91 Å². The lowest BCUT2D eigenvalue weighted by Gasteiger charge is -2.39. The van der Waals surface area contributed by atoms with Crippen LogP contribution in [-0.4, -0.2) is 119 Å². The number of hydrogen-bond donors (Lipinski definition) is 3. The zero-order chi connectivity index (χ0) is 41.5. The SMILES string of the molecule is CCCCCCCCCCCCCC(=N)OC1CCC(Cl)C(N=C2NN(C3C(Cl)CC(Cl)CC3Cl)C(=O)C2=NC2CCC(N(CC)CCNS(C)(=O)=O)CC2C)C1. The average molecular weight is 900 g/mol. The normalized spacial score (nSPS) is 32.6. The zero-order valence-corrected chi connectivity index (χ0v) is 38.7. The molecule has 1 heterocycles. The number of amides is 1. The van der Waals surface area contributed by atoms with E-state index in [9.17, 15) is 13.2 Å². The highest BCUT2D eigenvalue weighted by Gasteiger charge is 2.47. The van der Waals surface area contributed by atoms with Gasteiger partial charge in [0.2, 0.25) is 10.0 Å². The number of amidine groups is 1. The van der Waals surface area contributed by atoms with Crippen LogP contribution in [0.1, 0.15) is 149 Å². The van der Waals surface area contributed by atoms with Gasteiger partial charge in [-0.15, -0.1) is 46.4 Å². The van der Waals surface area contributed by atoms with Gasteiger partial charge in [-0.1, -0.05) is 85.0 Å². The van der Waals surface area contributed by atoms with Gasteiger partial charge in [0, 0.05) is 37.4 Å². The Bertz CT molecular complexity index is 1430. The smallest absolute Gasteiger partial charge is 0.294 e. The molecule has 1 aliphatic heterocycles. The summed E-state index contributed by atoms with van der Waals surface area (Å²) in [5, 5.41) is 8.76. The molecule has 16 heteroatoms. The number of unbranched alkanes of at least 4 members (excludes halogenated alkanes) is 10. The van der Waals surface area contributed by atoms with Crippen LogP contribution in [0.2, 0.25) is 0 Å². The topological polar surface area (TPSA) is 140 Å². The number of aliphatic imine (C=N–C) groups is 2. The van der Waals surface area contributed by atoms with Crippen molar-refractivity contribution in [1.82, 2.24) is 20.1 Å². The summed E-state index contributed by atoms with van der Waals surface area (Å²) in [6.07, 6.45) is 21.1. The fourth-order valence-electron chi connectivity index (χ4n) is 8.97. The van der Waals surface area contributed by atoms with Crippen LogP contribution < -0.4 is 10.1 Å². The molecule has 4 rings (SSSR count). The summed E-state index contributed by atoms with van der Waals surface area (Å²) in [6.45, 7) is 8.32. The van der Waals surface area contributed by atoms with Gasteiger partial charge in [-0.2, -0.15) is 0 Å². The zero-order valence-electron chi connectivity index (χ0n) is 34.9. The second-order valence-electron chi connectivity index (χ2n) is 17.0. The number of carbonyl (C=O) groups excluding carboxylic acids is 1. The number of ether oxygens (including phenoxy) is 1. The van der Waals surface area contributed by atoms with E-state index in [2.05, 4.69) is 35.8 Å². The number of hydrogen-bond acceptors (Lipinski definition) is 8. The summed E-state index contributed by atoms with van der Waals surface area (Å²) in [5.74, 6) is 0.573. The van der Waals surface area contributed by atoms with Gasteiger partial charge in [0.15, 0.2) is 17.4 Å².